The summed E-state index contributed by atoms with van der Waals surface area (Å²) in [4.78, 5) is 25.7. The Morgan fingerprint density at radius 1 is 1.22 bits per heavy atom. The van der Waals surface area contributed by atoms with Crippen molar-refractivity contribution >= 4 is 11.9 Å². The lowest BCUT2D eigenvalue weighted by atomic mass is 10.0. The summed E-state index contributed by atoms with van der Waals surface area (Å²) in [5.41, 5.74) is 0.907. The molecule has 1 aromatic carbocycles. The van der Waals surface area contributed by atoms with Gasteiger partial charge in [0, 0.05) is 18.5 Å². The number of aliphatic carboxylic acids is 1. The van der Waals surface area contributed by atoms with Gasteiger partial charge in [-0.25, -0.2) is 4.39 Å². The molecule has 1 unspecified atom stereocenters. The van der Waals surface area contributed by atoms with E-state index in [2.05, 4.69) is 0 Å². The highest BCUT2D eigenvalue weighted by Gasteiger charge is 2.39. The predicted octanol–water partition coefficient (Wildman–Crippen LogP) is 2.86. The summed E-state index contributed by atoms with van der Waals surface area (Å²) < 4.78 is 13.3. The summed E-state index contributed by atoms with van der Waals surface area (Å²) in [7, 11) is 0. The topological polar surface area (TPSA) is 57.6 Å². The number of carboxylic acid groups (broad SMARTS) is 1. The van der Waals surface area contributed by atoms with Crippen molar-refractivity contribution in [2.45, 2.75) is 44.6 Å². The van der Waals surface area contributed by atoms with E-state index in [9.17, 15) is 14.0 Å². The van der Waals surface area contributed by atoms with Crippen LogP contribution in [0, 0.1) is 17.7 Å². The summed E-state index contributed by atoms with van der Waals surface area (Å²) >= 11 is 0. The van der Waals surface area contributed by atoms with Crippen molar-refractivity contribution < 1.29 is 19.1 Å². The Labute approximate surface area is 135 Å². The van der Waals surface area contributed by atoms with E-state index in [4.69, 9.17) is 5.11 Å². The van der Waals surface area contributed by atoms with Crippen molar-refractivity contribution in [2.24, 2.45) is 11.8 Å². The zero-order valence-electron chi connectivity index (χ0n) is 13.1. The zero-order chi connectivity index (χ0) is 16.4. The highest BCUT2D eigenvalue weighted by Crippen LogP contribution is 2.34. The SMILES string of the molecule is O=C(O)[C@@H]1CC[C@H](C(=O)N2CCCC2Cc2cccc(F)c2)C1. The second kappa shape index (κ2) is 6.69. The molecule has 124 valence electrons. The van der Waals surface area contributed by atoms with Gasteiger partial charge in [-0.3, -0.25) is 9.59 Å². The third-order valence-electron chi connectivity index (χ3n) is 5.15. The molecule has 2 fully saturated rings. The molecule has 3 rings (SSSR count). The molecule has 0 spiro atoms. The number of halogens is 1. The molecular formula is C18H22FNO3. The van der Waals surface area contributed by atoms with Crippen molar-refractivity contribution in [3.8, 4) is 0 Å². The number of likely N-dealkylation sites (tertiary alicyclic amines) is 1. The second-order valence-electron chi connectivity index (χ2n) is 6.71. The number of carbonyl (C=O) groups excluding carboxylic acids is 1. The lowest BCUT2D eigenvalue weighted by molar-refractivity contribution is -0.141. The maximum Gasteiger partial charge on any atom is 0.306 e. The van der Waals surface area contributed by atoms with Crippen LogP contribution >= 0.6 is 0 Å². The fourth-order valence-corrected chi connectivity index (χ4v) is 3.94. The minimum atomic E-state index is -0.793. The quantitative estimate of drug-likeness (QED) is 0.928. The van der Waals surface area contributed by atoms with Crippen LogP contribution in [-0.2, 0) is 16.0 Å². The molecule has 1 aliphatic carbocycles. The number of carboxylic acids is 1. The van der Waals surface area contributed by atoms with Crippen molar-refractivity contribution in [2.75, 3.05) is 6.54 Å². The minimum Gasteiger partial charge on any atom is -0.481 e. The monoisotopic (exact) mass is 319 g/mol. The Balaban J connectivity index is 1.64. The molecule has 1 saturated heterocycles. The van der Waals surface area contributed by atoms with Gasteiger partial charge in [0.15, 0.2) is 0 Å². The molecule has 0 bridgehead atoms. The molecule has 1 heterocycles. The van der Waals surface area contributed by atoms with E-state index < -0.39 is 5.97 Å². The largest absolute Gasteiger partial charge is 0.481 e. The van der Waals surface area contributed by atoms with E-state index in [-0.39, 0.29) is 29.6 Å². The Hall–Kier alpha value is -1.91. The number of hydrogen-bond acceptors (Lipinski definition) is 2. The Kier molecular flexibility index (Phi) is 4.64. The fourth-order valence-electron chi connectivity index (χ4n) is 3.94. The molecule has 1 N–H and O–H groups in total. The fraction of sp³-hybridized carbons (Fsp3) is 0.556. The molecule has 4 nitrogen and oxygen atoms in total. The number of benzene rings is 1. The molecule has 0 aromatic heterocycles. The first-order chi connectivity index (χ1) is 11.0. The number of hydrogen-bond donors (Lipinski definition) is 1. The van der Waals surface area contributed by atoms with E-state index in [0.29, 0.717) is 25.7 Å². The van der Waals surface area contributed by atoms with E-state index in [1.807, 2.05) is 11.0 Å². The van der Waals surface area contributed by atoms with Crippen LogP contribution in [0.3, 0.4) is 0 Å². The molecule has 1 aromatic rings. The summed E-state index contributed by atoms with van der Waals surface area (Å²) in [5.74, 6) is -1.50. The maximum atomic E-state index is 13.3. The summed E-state index contributed by atoms with van der Waals surface area (Å²) in [5, 5.41) is 9.09. The highest BCUT2D eigenvalue weighted by atomic mass is 19.1. The Bertz CT molecular complexity index is 604. The molecule has 0 radical (unpaired) electrons. The zero-order valence-corrected chi connectivity index (χ0v) is 13.1. The Morgan fingerprint density at radius 2 is 2.00 bits per heavy atom. The van der Waals surface area contributed by atoms with E-state index in [1.54, 1.807) is 6.07 Å². The van der Waals surface area contributed by atoms with Crippen LogP contribution in [0.25, 0.3) is 0 Å². The van der Waals surface area contributed by atoms with Gasteiger partial charge in [0.05, 0.1) is 5.92 Å². The summed E-state index contributed by atoms with van der Waals surface area (Å²) in [6.07, 6.45) is 4.27. The smallest absolute Gasteiger partial charge is 0.306 e. The van der Waals surface area contributed by atoms with Crippen LogP contribution in [0.5, 0.6) is 0 Å². The van der Waals surface area contributed by atoms with Crippen LogP contribution in [0.4, 0.5) is 4.39 Å². The van der Waals surface area contributed by atoms with Gasteiger partial charge in [0.1, 0.15) is 5.82 Å². The van der Waals surface area contributed by atoms with Crippen LogP contribution in [0.2, 0.25) is 0 Å². The number of amides is 1. The second-order valence-corrected chi connectivity index (χ2v) is 6.71. The summed E-state index contributed by atoms with van der Waals surface area (Å²) in [6.45, 7) is 0.729. The van der Waals surface area contributed by atoms with Crippen molar-refractivity contribution in [1.82, 2.24) is 4.90 Å². The first-order valence-electron chi connectivity index (χ1n) is 8.32. The molecule has 2 aliphatic rings. The average Bonchev–Trinajstić information content (AvgIpc) is 3.15. The van der Waals surface area contributed by atoms with Gasteiger partial charge in [0.2, 0.25) is 5.91 Å². The number of carbonyl (C=O) groups is 2. The average molecular weight is 319 g/mol. The first kappa shape index (κ1) is 16.0. The van der Waals surface area contributed by atoms with Crippen molar-refractivity contribution in [3.05, 3.63) is 35.6 Å². The van der Waals surface area contributed by atoms with E-state index in [1.165, 1.54) is 12.1 Å². The third kappa shape index (κ3) is 3.54. The molecule has 23 heavy (non-hydrogen) atoms. The van der Waals surface area contributed by atoms with Gasteiger partial charge in [-0.1, -0.05) is 12.1 Å². The molecule has 1 saturated carbocycles. The lowest BCUT2D eigenvalue weighted by Crippen LogP contribution is -2.40. The number of nitrogens with zero attached hydrogens (tertiary/aromatic N) is 1. The molecule has 1 amide bonds. The van der Waals surface area contributed by atoms with Crippen molar-refractivity contribution in [1.29, 1.82) is 0 Å². The number of rotatable bonds is 4. The predicted molar refractivity (Wildman–Crippen MR) is 83.3 cm³/mol. The Morgan fingerprint density at radius 3 is 2.70 bits per heavy atom. The molecule has 1 aliphatic heterocycles. The lowest BCUT2D eigenvalue weighted by Gasteiger charge is -2.27. The van der Waals surface area contributed by atoms with Gasteiger partial charge in [0.25, 0.3) is 0 Å². The summed E-state index contributed by atoms with van der Waals surface area (Å²) in [6, 6.07) is 6.64. The van der Waals surface area contributed by atoms with Gasteiger partial charge in [-0.05, 0) is 56.2 Å². The first-order valence-corrected chi connectivity index (χ1v) is 8.32. The van der Waals surface area contributed by atoms with Crippen LogP contribution in [0.15, 0.2) is 24.3 Å². The van der Waals surface area contributed by atoms with Crippen LogP contribution in [-0.4, -0.2) is 34.5 Å². The van der Waals surface area contributed by atoms with Crippen LogP contribution < -0.4 is 0 Å². The molecule has 3 atom stereocenters. The van der Waals surface area contributed by atoms with E-state index in [0.717, 1.165) is 24.9 Å². The molecular weight excluding hydrogens is 297 g/mol. The minimum absolute atomic E-state index is 0.0904. The highest BCUT2D eigenvalue weighted by molar-refractivity contribution is 5.81. The van der Waals surface area contributed by atoms with Crippen molar-refractivity contribution in [3.63, 3.8) is 0 Å². The van der Waals surface area contributed by atoms with E-state index >= 15 is 0 Å². The van der Waals surface area contributed by atoms with Gasteiger partial charge >= 0.3 is 5.97 Å². The third-order valence-corrected chi connectivity index (χ3v) is 5.15. The maximum absolute atomic E-state index is 13.3. The standard InChI is InChI=1S/C18H22FNO3/c19-15-4-1-3-12(9-15)10-16-5-2-8-20(16)17(21)13-6-7-14(11-13)18(22)23/h1,3-4,9,13-14,16H,2,5-8,10-11H2,(H,22,23)/t13-,14+,16?/m0/s1. The van der Waals surface area contributed by atoms with Gasteiger partial charge < -0.3 is 10.0 Å². The van der Waals surface area contributed by atoms with Gasteiger partial charge in [-0.15, -0.1) is 0 Å². The van der Waals surface area contributed by atoms with Crippen LogP contribution in [0.1, 0.15) is 37.7 Å². The van der Waals surface area contributed by atoms with Gasteiger partial charge in [-0.2, -0.15) is 0 Å². The molecule has 5 heteroatoms. The normalized spacial score (nSPS) is 27.3.